The van der Waals surface area contributed by atoms with Crippen LogP contribution in [0.25, 0.3) is 94.0 Å². The Morgan fingerprint density at radius 2 is 0.843 bits per heavy atom. The molecule has 0 N–H and O–H groups in total. The minimum Gasteiger partial charge on any atom is -0.291 e. The number of nitrogens with zero attached hydrogens (tertiary/aromatic N) is 2. The quantitative estimate of drug-likeness (QED) is 0.170. The summed E-state index contributed by atoms with van der Waals surface area (Å²) >= 11 is 0. The van der Waals surface area contributed by atoms with Crippen molar-refractivity contribution in [2.45, 2.75) is 0 Å². The second-order valence-corrected chi connectivity index (χ2v) is 13.2. The fraction of sp³-hybridized carbons (Fsp3) is 0. The van der Waals surface area contributed by atoms with Crippen LogP contribution in [0.5, 0.6) is 0 Å². The third-order valence-electron chi connectivity index (χ3n) is 10.1. The average Bonchev–Trinajstić information content (AvgIpc) is 3.63. The first kappa shape index (κ1) is 29.2. The highest BCUT2D eigenvalue weighted by molar-refractivity contribution is 6.23. The van der Waals surface area contributed by atoms with Gasteiger partial charge in [0.25, 0.3) is 0 Å². The second kappa shape index (κ2) is 12.0. The minimum atomic E-state index is 0.965. The number of benzene rings is 8. The Morgan fingerprint density at radius 3 is 1.47 bits per heavy atom. The molecule has 10 rings (SSSR count). The Kier molecular flexibility index (Phi) is 6.85. The number of rotatable bonds is 5. The van der Waals surface area contributed by atoms with Gasteiger partial charge in [0.2, 0.25) is 0 Å². The maximum atomic E-state index is 5.56. The molecule has 0 unspecified atom stereocenters. The summed E-state index contributed by atoms with van der Waals surface area (Å²) in [5, 5.41) is 5.99. The van der Waals surface area contributed by atoms with Crippen LogP contribution in [0, 0.1) is 0 Å². The van der Waals surface area contributed by atoms with Gasteiger partial charge in [-0.3, -0.25) is 4.40 Å². The molecule has 8 aromatic carbocycles. The lowest BCUT2D eigenvalue weighted by Gasteiger charge is -2.16. The van der Waals surface area contributed by atoms with E-state index >= 15 is 0 Å². The van der Waals surface area contributed by atoms with E-state index in [2.05, 4.69) is 199 Å². The van der Waals surface area contributed by atoms with Gasteiger partial charge in [-0.25, -0.2) is 4.98 Å². The third-order valence-corrected chi connectivity index (χ3v) is 10.1. The third kappa shape index (κ3) is 4.92. The minimum absolute atomic E-state index is 0.965. The van der Waals surface area contributed by atoms with E-state index in [-0.39, 0.29) is 0 Å². The molecular formula is C49H32N2. The van der Waals surface area contributed by atoms with Crippen molar-refractivity contribution >= 4 is 38.1 Å². The zero-order chi connectivity index (χ0) is 33.7. The molecule has 0 aliphatic rings. The summed E-state index contributed by atoms with van der Waals surface area (Å²) in [6.45, 7) is 0. The predicted octanol–water partition coefficient (Wildman–Crippen LogP) is 13.1. The summed E-state index contributed by atoms with van der Waals surface area (Å²) in [6, 6.07) is 69.8. The van der Waals surface area contributed by atoms with Crippen molar-refractivity contribution in [2.75, 3.05) is 0 Å². The molecule has 2 nitrogen and oxygen atoms in total. The van der Waals surface area contributed by atoms with Gasteiger partial charge < -0.3 is 0 Å². The van der Waals surface area contributed by atoms with Crippen LogP contribution in [0.3, 0.4) is 0 Å². The molecule has 0 atom stereocenters. The van der Waals surface area contributed by atoms with Gasteiger partial charge in [-0.2, -0.15) is 0 Å². The van der Waals surface area contributed by atoms with Crippen LogP contribution in [-0.2, 0) is 0 Å². The Morgan fingerprint density at radius 1 is 0.333 bits per heavy atom. The van der Waals surface area contributed by atoms with Crippen molar-refractivity contribution < 1.29 is 0 Å². The van der Waals surface area contributed by atoms with Crippen molar-refractivity contribution in [2.24, 2.45) is 0 Å². The van der Waals surface area contributed by atoms with E-state index in [0.29, 0.717) is 0 Å². The molecule has 0 aliphatic carbocycles. The molecule has 0 saturated heterocycles. The first-order valence-corrected chi connectivity index (χ1v) is 17.5. The number of pyridine rings is 1. The van der Waals surface area contributed by atoms with Gasteiger partial charge in [-0.05, 0) is 73.8 Å². The van der Waals surface area contributed by atoms with Gasteiger partial charge in [0, 0.05) is 21.9 Å². The Labute approximate surface area is 296 Å². The molecule has 0 radical (unpaired) electrons. The van der Waals surface area contributed by atoms with Crippen molar-refractivity contribution in [3.63, 3.8) is 0 Å². The van der Waals surface area contributed by atoms with Crippen LogP contribution in [-0.4, -0.2) is 9.38 Å². The van der Waals surface area contributed by atoms with Crippen molar-refractivity contribution in [3.8, 4) is 55.9 Å². The van der Waals surface area contributed by atoms with Crippen molar-refractivity contribution in [1.29, 1.82) is 0 Å². The Hall–Kier alpha value is -6.77. The summed E-state index contributed by atoms with van der Waals surface area (Å²) in [6.07, 6.45) is 0. The maximum absolute atomic E-state index is 5.56. The molecule has 238 valence electrons. The summed E-state index contributed by atoms with van der Waals surface area (Å²) in [7, 11) is 0. The Bertz CT molecular complexity index is 2820. The molecule has 0 spiro atoms. The van der Waals surface area contributed by atoms with Gasteiger partial charge in [0.1, 0.15) is 5.65 Å². The molecule has 2 aromatic heterocycles. The van der Waals surface area contributed by atoms with Gasteiger partial charge in [0.15, 0.2) is 0 Å². The van der Waals surface area contributed by atoms with Gasteiger partial charge in [-0.1, -0.05) is 170 Å². The van der Waals surface area contributed by atoms with Crippen LogP contribution >= 0.6 is 0 Å². The zero-order valence-corrected chi connectivity index (χ0v) is 27.9. The van der Waals surface area contributed by atoms with E-state index in [9.17, 15) is 0 Å². The summed E-state index contributed by atoms with van der Waals surface area (Å²) < 4.78 is 2.42. The number of fused-ring (bicyclic) bond motifs is 8. The van der Waals surface area contributed by atoms with Gasteiger partial charge >= 0.3 is 0 Å². The molecular weight excluding hydrogens is 617 g/mol. The molecule has 51 heavy (non-hydrogen) atoms. The van der Waals surface area contributed by atoms with E-state index in [1.54, 1.807) is 0 Å². The van der Waals surface area contributed by atoms with Crippen LogP contribution in [0.1, 0.15) is 0 Å². The topological polar surface area (TPSA) is 17.3 Å². The van der Waals surface area contributed by atoms with Gasteiger partial charge in [-0.15, -0.1) is 0 Å². The van der Waals surface area contributed by atoms with Crippen molar-refractivity contribution in [1.82, 2.24) is 9.38 Å². The molecule has 0 saturated carbocycles. The normalized spacial score (nSPS) is 11.5. The maximum Gasteiger partial charge on any atom is 0.147 e. The largest absolute Gasteiger partial charge is 0.291 e. The Balaban J connectivity index is 1.34. The molecule has 0 amide bonds. The molecule has 10 aromatic rings. The average molecular weight is 649 g/mol. The highest BCUT2D eigenvalue weighted by Crippen LogP contribution is 2.42. The highest BCUT2D eigenvalue weighted by Gasteiger charge is 2.22. The fourth-order valence-corrected chi connectivity index (χ4v) is 7.73. The molecule has 0 aliphatic heterocycles. The van der Waals surface area contributed by atoms with Crippen LogP contribution in [0.2, 0.25) is 0 Å². The van der Waals surface area contributed by atoms with E-state index in [4.69, 9.17) is 4.98 Å². The number of aromatic nitrogens is 2. The lowest BCUT2D eigenvalue weighted by molar-refractivity contribution is 1.27. The standard InChI is InChI=1S/C49H32N2/c1-5-15-33(16-6-1)39-29-40(34-17-7-2-8-18-34)31-41(30-39)38-26-27-43-44-28-25-35-19-13-14-24-42(35)46(44)49-50-47(36-20-9-3-10-21-36)48(51(49)45(43)32-38)37-22-11-4-12-23-37/h1-32H. The molecule has 2 heterocycles. The molecule has 2 heteroatoms. The lowest BCUT2D eigenvalue weighted by Crippen LogP contribution is -1.96. The molecule has 0 bridgehead atoms. The van der Waals surface area contributed by atoms with Crippen molar-refractivity contribution in [3.05, 3.63) is 194 Å². The number of imidazole rings is 1. The summed E-state index contributed by atoms with van der Waals surface area (Å²) in [4.78, 5) is 5.56. The highest BCUT2D eigenvalue weighted by atomic mass is 15.0. The predicted molar refractivity (Wildman–Crippen MR) is 215 cm³/mol. The number of hydrogen-bond donors (Lipinski definition) is 0. The number of hydrogen-bond acceptors (Lipinski definition) is 1. The SMILES string of the molecule is c1ccc(-c2cc(-c3ccccc3)cc(-c3ccc4c5ccc6ccccc6c5c5nc(-c6ccccc6)c(-c6ccccc6)n5c4c3)c2)cc1. The van der Waals surface area contributed by atoms with Crippen LogP contribution in [0.15, 0.2) is 194 Å². The molecule has 0 fully saturated rings. The summed E-state index contributed by atoms with van der Waals surface area (Å²) in [5.74, 6) is 0. The zero-order valence-electron chi connectivity index (χ0n) is 27.9. The smallest absolute Gasteiger partial charge is 0.147 e. The monoisotopic (exact) mass is 648 g/mol. The lowest BCUT2D eigenvalue weighted by atomic mass is 9.92. The van der Waals surface area contributed by atoms with E-state index < -0.39 is 0 Å². The van der Waals surface area contributed by atoms with E-state index in [1.807, 2.05) is 0 Å². The van der Waals surface area contributed by atoms with Gasteiger partial charge in [0.05, 0.1) is 16.9 Å². The van der Waals surface area contributed by atoms with E-state index in [1.165, 1.54) is 54.7 Å². The van der Waals surface area contributed by atoms with Crippen LogP contribution in [0.4, 0.5) is 0 Å². The first-order valence-electron chi connectivity index (χ1n) is 17.5. The summed E-state index contributed by atoms with van der Waals surface area (Å²) in [5.41, 5.74) is 13.5. The van der Waals surface area contributed by atoms with Crippen LogP contribution < -0.4 is 0 Å². The second-order valence-electron chi connectivity index (χ2n) is 13.2. The first-order chi connectivity index (χ1) is 25.3. The fourth-order valence-electron chi connectivity index (χ4n) is 7.73. The van der Waals surface area contributed by atoms with E-state index in [0.717, 1.165) is 39.2 Å².